The lowest BCUT2D eigenvalue weighted by Gasteiger charge is -2.36. The van der Waals surface area contributed by atoms with Crippen LogP contribution in [0.25, 0.3) is 11.1 Å². The number of nitrogens with one attached hydrogen (secondary N) is 1. The van der Waals surface area contributed by atoms with Gasteiger partial charge in [0.05, 0.1) is 6.20 Å². The number of halogens is 2. The Kier molecular flexibility index (Phi) is 5.20. The van der Waals surface area contributed by atoms with Crippen molar-refractivity contribution in [2.75, 3.05) is 37.6 Å². The molecule has 2 saturated heterocycles. The van der Waals surface area contributed by atoms with Gasteiger partial charge in [-0.25, -0.2) is 8.78 Å². The van der Waals surface area contributed by atoms with Gasteiger partial charge in [-0.2, -0.15) is 5.10 Å². The molecule has 140 valence electrons. The molecule has 2 fully saturated rings. The van der Waals surface area contributed by atoms with Crippen LogP contribution in [0.2, 0.25) is 0 Å². The highest BCUT2D eigenvalue weighted by molar-refractivity contribution is 5.68. The molecule has 2 aliphatic heterocycles. The molecule has 0 unspecified atom stereocenters. The molecule has 2 aromatic rings. The molecule has 0 amide bonds. The lowest BCUT2D eigenvalue weighted by molar-refractivity contribution is 0.151. The van der Waals surface area contributed by atoms with Crippen LogP contribution in [0.15, 0.2) is 30.6 Å². The Balaban J connectivity index is 1.45. The highest BCUT2D eigenvalue weighted by Crippen LogP contribution is 2.35. The Labute approximate surface area is 153 Å². The van der Waals surface area contributed by atoms with Crippen LogP contribution in [0.5, 0.6) is 0 Å². The fourth-order valence-corrected chi connectivity index (χ4v) is 4.29. The molecule has 2 aliphatic rings. The fourth-order valence-electron chi connectivity index (χ4n) is 4.29. The van der Waals surface area contributed by atoms with Crippen LogP contribution in [0, 0.1) is 5.92 Å². The highest BCUT2D eigenvalue weighted by Gasteiger charge is 2.25. The van der Waals surface area contributed by atoms with E-state index >= 15 is 0 Å². The normalized spacial score (nSPS) is 19.6. The van der Waals surface area contributed by atoms with Crippen LogP contribution < -0.4 is 4.90 Å². The molecule has 26 heavy (non-hydrogen) atoms. The van der Waals surface area contributed by atoms with Gasteiger partial charge in [0.2, 0.25) is 0 Å². The van der Waals surface area contributed by atoms with Gasteiger partial charge < -0.3 is 9.80 Å². The first-order chi connectivity index (χ1) is 12.7. The van der Waals surface area contributed by atoms with Gasteiger partial charge in [0.15, 0.2) is 0 Å². The largest absolute Gasteiger partial charge is 0.371 e. The van der Waals surface area contributed by atoms with Gasteiger partial charge in [0, 0.05) is 42.6 Å². The van der Waals surface area contributed by atoms with Crippen molar-refractivity contribution in [2.24, 2.45) is 5.92 Å². The van der Waals surface area contributed by atoms with E-state index in [0.29, 0.717) is 11.6 Å². The summed E-state index contributed by atoms with van der Waals surface area (Å²) >= 11 is 0. The zero-order chi connectivity index (χ0) is 17.9. The molecule has 0 saturated carbocycles. The third-order valence-corrected chi connectivity index (χ3v) is 5.76. The maximum atomic E-state index is 13.7. The summed E-state index contributed by atoms with van der Waals surface area (Å²) in [5.74, 6) is 0.699. The molecule has 6 heteroatoms. The number of likely N-dealkylation sites (tertiary alicyclic amines) is 1. The first kappa shape index (κ1) is 17.5. The van der Waals surface area contributed by atoms with Crippen molar-refractivity contribution in [2.45, 2.75) is 32.1 Å². The molecule has 3 heterocycles. The highest BCUT2D eigenvalue weighted by atomic mass is 19.3. The lowest BCUT2D eigenvalue weighted by Crippen LogP contribution is -2.38. The van der Waals surface area contributed by atoms with Crippen LogP contribution in [-0.4, -0.2) is 47.8 Å². The Morgan fingerprint density at radius 3 is 2.50 bits per heavy atom. The van der Waals surface area contributed by atoms with Crippen molar-refractivity contribution >= 4 is 5.69 Å². The van der Waals surface area contributed by atoms with Crippen molar-refractivity contribution in [3.05, 3.63) is 36.2 Å². The second kappa shape index (κ2) is 7.74. The van der Waals surface area contributed by atoms with Crippen molar-refractivity contribution < 1.29 is 8.78 Å². The van der Waals surface area contributed by atoms with E-state index in [2.05, 4.69) is 20.0 Å². The predicted molar refractivity (Wildman–Crippen MR) is 99.6 cm³/mol. The third kappa shape index (κ3) is 3.75. The SMILES string of the molecule is FC(F)c1cc(-c2cn[nH]c2)ccc1N1CCC(CN2CCCC2)CC1. The predicted octanol–water partition coefficient (Wildman–Crippen LogP) is 4.33. The van der Waals surface area contributed by atoms with Crippen molar-refractivity contribution in [1.29, 1.82) is 0 Å². The summed E-state index contributed by atoms with van der Waals surface area (Å²) in [6.45, 7) is 5.36. The summed E-state index contributed by atoms with van der Waals surface area (Å²) < 4.78 is 27.4. The first-order valence-corrected chi connectivity index (χ1v) is 9.59. The monoisotopic (exact) mass is 360 g/mol. The summed E-state index contributed by atoms with van der Waals surface area (Å²) in [5.41, 5.74) is 2.43. The quantitative estimate of drug-likeness (QED) is 0.862. The number of hydrogen-bond acceptors (Lipinski definition) is 3. The fraction of sp³-hybridized carbons (Fsp3) is 0.550. The number of alkyl halides is 2. The van der Waals surface area contributed by atoms with Crippen molar-refractivity contribution in [3.8, 4) is 11.1 Å². The second-order valence-electron chi connectivity index (χ2n) is 7.50. The van der Waals surface area contributed by atoms with Crippen molar-refractivity contribution in [3.63, 3.8) is 0 Å². The molecular formula is C20H26F2N4. The van der Waals surface area contributed by atoms with Gasteiger partial charge in [-0.1, -0.05) is 6.07 Å². The summed E-state index contributed by atoms with van der Waals surface area (Å²) in [4.78, 5) is 4.70. The molecule has 0 aliphatic carbocycles. The van der Waals surface area contributed by atoms with E-state index in [1.807, 2.05) is 12.1 Å². The van der Waals surface area contributed by atoms with E-state index in [1.165, 1.54) is 32.5 Å². The summed E-state index contributed by atoms with van der Waals surface area (Å²) in [6.07, 6.45) is 5.73. The van der Waals surface area contributed by atoms with Gasteiger partial charge in [0.25, 0.3) is 6.43 Å². The maximum absolute atomic E-state index is 13.7. The summed E-state index contributed by atoms with van der Waals surface area (Å²) in [6, 6.07) is 5.38. The zero-order valence-corrected chi connectivity index (χ0v) is 15.0. The van der Waals surface area contributed by atoms with Crippen molar-refractivity contribution in [1.82, 2.24) is 15.1 Å². The molecule has 0 bridgehead atoms. The van der Waals surface area contributed by atoms with Gasteiger partial charge >= 0.3 is 0 Å². The molecule has 1 aromatic carbocycles. The molecule has 4 nitrogen and oxygen atoms in total. The topological polar surface area (TPSA) is 35.2 Å². The van der Waals surface area contributed by atoms with Gasteiger partial charge in [0.1, 0.15) is 0 Å². The van der Waals surface area contributed by atoms with Crippen LogP contribution >= 0.6 is 0 Å². The van der Waals surface area contributed by atoms with Gasteiger partial charge in [-0.15, -0.1) is 0 Å². The molecule has 0 atom stereocenters. The molecule has 1 aromatic heterocycles. The van der Waals surface area contributed by atoms with Crippen LogP contribution in [0.4, 0.5) is 14.5 Å². The number of benzene rings is 1. The average Bonchev–Trinajstić information content (AvgIpc) is 3.36. The van der Waals surface area contributed by atoms with Crippen LogP contribution in [-0.2, 0) is 0 Å². The van der Waals surface area contributed by atoms with E-state index in [4.69, 9.17) is 0 Å². The second-order valence-corrected chi connectivity index (χ2v) is 7.50. The number of aromatic amines is 1. The van der Waals surface area contributed by atoms with E-state index in [-0.39, 0.29) is 5.56 Å². The smallest absolute Gasteiger partial charge is 0.265 e. The summed E-state index contributed by atoms with van der Waals surface area (Å²) in [7, 11) is 0. The molecule has 0 radical (unpaired) electrons. The lowest BCUT2D eigenvalue weighted by atomic mass is 9.95. The minimum absolute atomic E-state index is 0.127. The number of hydrogen-bond donors (Lipinski definition) is 1. The standard InChI is InChI=1S/C20H26F2N4/c21-20(22)18-11-16(17-12-23-24-13-17)3-4-19(18)26-9-5-15(6-10-26)14-25-7-1-2-8-25/h3-4,11-13,15,20H,1-2,5-10,14H2,(H,23,24). The number of anilines is 1. The Bertz CT molecular complexity index is 703. The first-order valence-electron chi connectivity index (χ1n) is 9.59. The van der Waals surface area contributed by atoms with Gasteiger partial charge in [-0.05, 0) is 62.4 Å². The van der Waals surface area contributed by atoms with Gasteiger partial charge in [-0.3, -0.25) is 5.10 Å². The van der Waals surface area contributed by atoms with Crippen LogP contribution in [0.1, 0.15) is 37.7 Å². The van der Waals surface area contributed by atoms with Crippen LogP contribution in [0.3, 0.4) is 0 Å². The molecule has 4 rings (SSSR count). The average molecular weight is 360 g/mol. The number of rotatable bonds is 5. The number of piperidine rings is 1. The Morgan fingerprint density at radius 2 is 1.85 bits per heavy atom. The Morgan fingerprint density at radius 1 is 1.08 bits per heavy atom. The molecule has 0 spiro atoms. The minimum atomic E-state index is -2.47. The molecular weight excluding hydrogens is 334 g/mol. The maximum Gasteiger partial charge on any atom is 0.265 e. The van der Waals surface area contributed by atoms with E-state index < -0.39 is 6.43 Å². The summed E-state index contributed by atoms with van der Waals surface area (Å²) in [5, 5.41) is 6.65. The van der Waals surface area contributed by atoms with E-state index in [0.717, 1.165) is 37.1 Å². The molecule has 1 N–H and O–H groups in total. The minimum Gasteiger partial charge on any atom is -0.371 e. The Hall–Kier alpha value is -1.95. The third-order valence-electron chi connectivity index (χ3n) is 5.76. The number of aromatic nitrogens is 2. The van der Waals surface area contributed by atoms with E-state index in [9.17, 15) is 8.78 Å². The van der Waals surface area contributed by atoms with E-state index in [1.54, 1.807) is 18.5 Å². The number of H-pyrrole nitrogens is 1. The zero-order valence-electron chi connectivity index (χ0n) is 15.0. The number of nitrogens with zero attached hydrogens (tertiary/aromatic N) is 3.